The van der Waals surface area contributed by atoms with Gasteiger partial charge < -0.3 is 14.2 Å². The zero-order valence-electron chi connectivity index (χ0n) is 39.9. The van der Waals surface area contributed by atoms with Crippen LogP contribution in [0.3, 0.4) is 0 Å². The second-order valence-electron chi connectivity index (χ2n) is 16.7. The van der Waals surface area contributed by atoms with Crippen LogP contribution in [0.4, 0.5) is 0 Å². The first-order valence-electron chi connectivity index (χ1n) is 25.4. The summed E-state index contributed by atoms with van der Waals surface area (Å²) in [7, 11) is 0. The molecule has 0 spiro atoms. The van der Waals surface area contributed by atoms with E-state index < -0.39 is 6.10 Å². The van der Waals surface area contributed by atoms with Gasteiger partial charge in [-0.05, 0) is 103 Å². The van der Waals surface area contributed by atoms with E-state index in [4.69, 9.17) is 14.2 Å². The van der Waals surface area contributed by atoms with Crippen LogP contribution in [0.25, 0.3) is 0 Å². The quantitative estimate of drug-likeness (QED) is 0.0263. The fourth-order valence-electron chi connectivity index (χ4n) is 6.82. The summed E-state index contributed by atoms with van der Waals surface area (Å²) < 4.78 is 16.8. The minimum atomic E-state index is -0.789. The fraction of sp³-hybridized carbons (Fsp3) is 0.727. The van der Waals surface area contributed by atoms with Crippen molar-refractivity contribution in [1.82, 2.24) is 0 Å². The van der Waals surface area contributed by atoms with Crippen molar-refractivity contribution in [3.8, 4) is 0 Å². The van der Waals surface area contributed by atoms with Gasteiger partial charge in [0.05, 0.1) is 0 Å². The Morgan fingerprint density at radius 1 is 0.344 bits per heavy atom. The fourth-order valence-corrected chi connectivity index (χ4v) is 6.82. The molecule has 0 aliphatic carbocycles. The molecule has 0 aromatic heterocycles. The van der Waals surface area contributed by atoms with Gasteiger partial charge in [-0.2, -0.15) is 0 Å². The van der Waals surface area contributed by atoms with Gasteiger partial charge in [0.15, 0.2) is 6.10 Å². The molecule has 0 saturated carbocycles. The summed E-state index contributed by atoms with van der Waals surface area (Å²) in [5, 5.41) is 0. The molecule has 0 fully saturated rings. The predicted molar refractivity (Wildman–Crippen MR) is 261 cm³/mol. The Balaban J connectivity index is 4.41. The van der Waals surface area contributed by atoms with Crippen molar-refractivity contribution in [2.75, 3.05) is 13.2 Å². The average Bonchev–Trinajstić information content (AvgIpc) is 3.26. The Labute approximate surface area is 376 Å². The molecule has 0 radical (unpaired) electrons. The van der Waals surface area contributed by atoms with Crippen LogP contribution in [0, 0.1) is 0 Å². The molecule has 6 nitrogen and oxygen atoms in total. The van der Waals surface area contributed by atoms with Crippen LogP contribution in [-0.4, -0.2) is 37.2 Å². The molecule has 0 aliphatic heterocycles. The Morgan fingerprint density at radius 2 is 0.656 bits per heavy atom. The standard InChI is InChI=1S/C55H94O6/c1-4-7-10-13-16-19-22-24-26-27-29-30-33-36-39-42-45-48-54(57)60-51-52(50-59-53(56)47-44-41-38-35-32-21-18-15-12-9-6-3)61-55(58)49-46-43-40-37-34-31-28-25-23-20-17-14-11-8-5-2/h7,10,15-20,24-26,28,52H,4-6,8-9,11-14,21-23,27,29-51H2,1-3H3/b10-7-,18-15-,19-16-,20-17-,26-24-,28-25-. The van der Waals surface area contributed by atoms with E-state index in [2.05, 4.69) is 93.7 Å². The molecule has 6 heteroatoms. The van der Waals surface area contributed by atoms with Crippen LogP contribution in [-0.2, 0) is 28.6 Å². The van der Waals surface area contributed by atoms with Gasteiger partial charge in [0.25, 0.3) is 0 Å². The second kappa shape index (κ2) is 49.5. The summed E-state index contributed by atoms with van der Waals surface area (Å²) in [6.07, 6.45) is 61.6. The number of carbonyl (C=O) groups is 3. The SMILES string of the molecule is CC/C=C\C/C=C\C/C=C\CCCCCCCCCC(=O)OCC(COC(=O)CCCCCCC/C=C\CCCC)OC(=O)CCCCCCC/C=C\C/C=C\CCCCC. The van der Waals surface area contributed by atoms with E-state index in [0.29, 0.717) is 19.3 Å². The molecule has 0 aliphatic rings. The molecule has 0 N–H and O–H groups in total. The van der Waals surface area contributed by atoms with Gasteiger partial charge in [-0.1, -0.05) is 190 Å². The van der Waals surface area contributed by atoms with Crippen molar-refractivity contribution in [2.45, 2.75) is 245 Å². The molecule has 61 heavy (non-hydrogen) atoms. The average molecular weight is 851 g/mol. The lowest BCUT2D eigenvalue weighted by atomic mass is 10.1. The van der Waals surface area contributed by atoms with Gasteiger partial charge in [-0.3, -0.25) is 14.4 Å². The van der Waals surface area contributed by atoms with E-state index in [1.165, 1.54) is 83.5 Å². The van der Waals surface area contributed by atoms with E-state index in [9.17, 15) is 14.4 Å². The van der Waals surface area contributed by atoms with Crippen molar-refractivity contribution in [1.29, 1.82) is 0 Å². The number of hydrogen-bond acceptors (Lipinski definition) is 6. The van der Waals surface area contributed by atoms with Crippen LogP contribution >= 0.6 is 0 Å². The number of ether oxygens (including phenoxy) is 3. The van der Waals surface area contributed by atoms with Gasteiger partial charge in [-0.15, -0.1) is 0 Å². The topological polar surface area (TPSA) is 78.9 Å². The molecule has 0 rings (SSSR count). The van der Waals surface area contributed by atoms with E-state index in [1.54, 1.807) is 0 Å². The third-order valence-corrected chi connectivity index (χ3v) is 10.7. The summed E-state index contributed by atoms with van der Waals surface area (Å²) in [6, 6.07) is 0. The molecular weight excluding hydrogens is 757 g/mol. The normalized spacial score (nSPS) is 12.6. The summed E-state index contributed by atoms with van der Waals surface area (Å²) in [4.78, 5) is 37.9. The van der Waals surface area contributed by atoms with Gasteiger partial charge in [-0.25, -0.2) is 0 Å². The number of rotatable bonds is 45. The number of unbranched alkanes of at least 4 members (excludes halogenated alkanes) is 22. The monoisotopic (exact) mass is 851 g/mol. The maximum absolute atomic E-state index is 12.8. The Hall–Kier alpha value is -3.15. The van der Waals surface area contributed by atoms with E-state index in [-0.39, 0.29) is 31.1 Å². The van der Waals surface area contributed by atoms with Crippen LogP contribution < -0.4 is 0 Å². The molecule has 0 amide bonds. The van der Waals surface area contributed by atoms with Gasteiger partial charge in [0, 0.05) is 19.3 Å². The van der Waals surface area contributed by atoms with Gasteiger partial charge in [0.2, 0.25) is 0 Å². The van der Waals surface area contributed by atoms with E-state index in [0.717, 1.165) is 116 Å². The summed E-state index contributed by atoms with van der Waals surface area (Å²) in [6.45, 7) is 6.43. The van der Waals surface area contributed by atoms with Crippen molar-refractivity contribution in [3.63, 3.8) is 0 Å². The second-order valence-corrected chi connectivity index (χ2v) is 16.7. The van der Waals surface area contributed by atoms with Gasteiger partial charge >= 0.3 is 17.9 Å². The van der Waals surface area contributed by atoms with Crippen LogP contribution in [0.1, 0.15) is 239 Å². The van der Waals surface area contributed by atoms with E-state index >= 15 is 0 Å². The van der Waals surface area contributed by atoms with Gasteiger partial charge in [0.1, 0.15) is 13.2 Å². The third kappa shape index (κ3) is 47.7. The molecule has 1 atom stereocenters. The zero-order valence-corrected chi connectivity index (χ0v) is 39.9. The molecule has 350 valence electrons. The van der Waals surface area contributed by atoms with Crippen LogP contribution in [0.5, 0.6) is 0 Å². The van der Waals surface area contributed by atoms with Crippen molar-refractivity contribution >= 4 is 17.9 Å². The number of carbonyl (C=O) groups excluding carboxylic acids is 3. The third-order valence-electron chi connectivity index (χ3n) is 10.7. The van der Waals surface area contributed by atoms with Crippen molar-refractivity contribution < 1.29 is 28.6 Å². The molecule has 0 heterocycles. The summed E-state index contributed by atoms with van der Waals surface area (Å²) in [5.74, 6) is -0.922. The predicted octanol–water partition coefficient (Wildman–Crippen LogP) is 16.6. The Kier molecular flexibility index (Phi) is 46.9. The Bertz CT molecular complexity index is 1160. The molecule has 0 aromatic rings. The number of allylic oxidation sites excluding steroid dienone is 12. The first kappa shape index (κ1) is 57.9. The largest absolute Gasteiger partial charge is 0.462 e. The molecule has 1 unspecified atom stereocenters. The highest BCUT2D eigenvalue weighted by Gasteiger charge is 2.19. The van der Waals surface area contributed by atoms with Crippen molar-refractivity contribution in [3.05, 3.63) is 72.9 Å². The highest BCUT2D eigenvalue weighted by atomic mass is 16.6. The molecule has 0 bridgehead atoms. The first-order valence-corrected chi connectivity index (χ1v) is 25.4. The lowest BCUT2D eigenvalue weighted by molar-refractivity contribution is -0.167. The summed E-state index contributed by atoms with van der Waals surface area (Å²) >= 11 is 0. The first-order chi connectivity index (χ1) is 30.0. The Morgan fingerprint density at radius 3 is 1.07 bits per heavy atom. The lowest BCUT2D eigenvalue weighted by Gasteiger charge is -2.18. The minimum Gasteiger partial charge on any atom is -0.462 e. The van der Waals surface area contributed by atoms with Crippen LogP contribution in [0.15, 0.2) is 72.9 Å². The highest BCUT2D eigenvalue weighted by Crippen LogP contribution is 2.14. The molecular formula is C55H94O6. The van der Waals surface area contributed by atoms with Crippen molar-refractivity contribution in [2.24, 2.45) is 0 Å². The number of esters is 3. The highest BCUT2D eigenvalue weighted by molar-refractivity contribution is 5.71. The summed E-state index contributed by atoms with van der Waals surface area (Å²) in [5.41, 5.74) is 0. The minimum absolute atomic E-state index is 0.0891. The smallest absolute Gasteiger partial charge is 0.306 e. The maximum Gasteiger partial charge on any atom is 0.306 e. The van der Waals surface area contributed by atoms with Crippen LogP contribution in [0.2, 0.25) is 0 Å². The number of hydrogen-bond donors (Lipinski definition) is 0. The van der Waals surface area contributed by atoms with E-state index in [1.807, 2.05) is 0 Å². The lowest BCUT2D eigenvalue weighted by Crippen LogP contribution is -2.30. The maximum atomic E-state index is 12.8. The molecule has 0 aromatic carbocycles. The zero-order chi connectivity index (χ0) is 44.4. The molecule has 0 saturated heterocycles.